The van der Waals surface area contributed by atoms with Crippen molar-refractivity contribution in [3.63, 3.8) is 0 Å². The van der Waals surface area contributed by atoms with Crippen LogP contribution in [0, 0.1) is 34.6 Å². The van der Waals surface area contributed by atoms with E-state index in [0.717, 1.165) is 6.54 Å². The zero-order chi connectivity index (χ0) is 14.2. The lowest BCUT2D eigenvalue weighted by Crippen LogP contribution is -2.26. The molecule has 1 aromatic rings. The molecule has 1 aromatic carbocycles. The van der Waals surface area contributed by atoms with Crippen LogP contribution in [0.2, 0.25) is 0 Å². The Morgan fingerprint density at radius 1 is 0.842 bits per heavy atom. The van der Waals surface area contributed by atoms with Gasteiger partial charge in [-0.1, -0.05) is 11.6 Å². The SMILES string of the molecule is Cc1c(C)c(C)c(/C=C2\CCCN(C)C2)c(C)c1C. The van der Waals surface area contributed by atoms with Gasteiger partial charge in [-0.3, -0.25) is 0 Å². The maximum atomic E-state index is 2.46. The average molecular weight is 257 g/mol. The summed E-state index contributed by atoms with van der Waals surface area (Å²) in [6, 6.07) is 0. The van der Waals surface area contributed by atoms with Crippen LogP contribution in [0.1, 0.15) is 46.2 Å². The van der Waals surface area contributed by atoms with Gasteiger partial charge in [-0.2, -0.15) is 0 Å². The second-order valence-electron chi connectivity index (χ2n) is 6.18. The summed E-state index contributed by atoms with van der Waals surface area (Å²) in [7, 11) is 2.22. The Bertz CT molecular complexity index is 494. The van der Waals surface area contributed by atoms with E-state index in [2.05, 4.69) is 52.6 Å². The van der Waals surface area contributed by atoms with Crippen LogP contribution in [0.5, 0.6) is 0 Å². The number of likely N-dealkylation sites (N-methyl/N-ethyl adjacent to an activating group) is 1. The second kappa shape index (κ2) is 5.50. The van der Waals surface area contributed by atoms with Gasteiger partial charge in [-0.25, -0.2) is 0 Å². The molecule has 0 unspecified atom stereocenters. The van der Waals surface area contributed by atoms with Crippen molar-refractivity contribution in [3.05, 3.63) is 39.0 Å². The van der Waals surface area contributed by atoms with Crippen molar-refractivity contribution in [3.8, 4) is 0 Å². The Labute approximate surface area is 118 Å². The van der Waals surface area contributed by atoms with Crippen molar-refractivity contribution < 1.29 is 0 Å². The van der Waals surface area contributed by atoms with Crippen LogP contribution in [0.15, 0.2) is 5.57 Å². The van der Waals surface area contributed by atoms with Gasteiger partial charge in [0, 0.05) is 6.54 Å². The highest BCUT2D eigenvalue weighted by Crippen LogP contribution is 2.29. The molecular formula is C18H27N. The zero-order valence-corrected chi connectivity index (χ0v) is 13.4. The van der Waals surface area contributed by atoms with Crippen LogP contribution in [-0.2, 0) is 0 Å². The quantitative estimate of drug-likeness (QED) is 0.723. The van der Waals surface area contributed by atoms with Crippen molar-refractivity contribution in [1.82, 2.24) is 4.90 Å². The molecule has 1 aliphatic rings. The fraction of sp³-hybridized carbons (Fsp3) is 0.556. The molecule has 0 amide bonds. The fourth-order valence-corrected chi connectivity index (χ4v) is 3.15. The molecule has 0 aliphatic carbocycles. The Hall–Kier alpha value is -1.08. The minimum absolute atomic E-state index is 1.13. The summed E-state index contributed by atoms with van der Waals surface area (Å²) in [5.74, 6) is 0. The number of likely N-dealkylation sites (tertiary alicyclic amines) is 1. The third-order valence-electron chi connectivity index (χ3n) is 4.92. The smallest absolute Gasteiger partial charge is 0.0193 e. The first-order chi connectivity index (χ1) is 8.91. The number of nitrogens with zero attached hydrogens (tertiary/aromatic N) is 1. The molecular weight excluding hydrogens is 230 g/mol. The summed E-state index contributed by atoms with van der Waals surface area (Å²) in [6.07, 6.45) is 5.01. The van der Waals surface area contributed by atoms with Gasteiger partial charge in [0.25, 0.3) is 0 Å². The van der Waals surface area contributed by atoms with Gasteiger partial charge in [0.1, 0.15) is 0 Å². The first kappa shape index (κ1) is 14.3. The van der Waals surface area contributed by atoms with Crippen LogP contribution in [0.3, 0.4) is 0 Å². The lowest BCUT2D eigenvalue weighted by Gasteiger charge is -2.25. The Morgan fingerprint density at radius 2 is 1.37 bits per heavy atom. The van der Waals surface area contributed by atoms with Gasteiger partial charge >= 0.3 is 0 Å². The van der Waals surface area contributed by atoms with E-state index >= 15 is 0 Å². The molecule has 0 aromatic heterocycles. The average Bonchev–Trinajstić information content (AvgIpc) is 2.39. The number of rotatable bonds is 1. The molecule has 1 aliphatic heterocycles. The van der Waals surface area contributed by atoms with Crippen molar-refractivity contribution >= 4 is 6.08 Å². The molecule has 0 radical (unpaired) electrons. The van der Waals surface area contributed by atoms with Gasteiger partial charge in [0.15, 0.2) is 0 Å². The van der Waals surface area contributed by atoms with E-state index in [1.165, 1.54) is 52.8 Å². The highest BCUT2D eigenvalue weighted by molar-refractivity contribution is 5.65. The number of hydrogen-bond donors (Lipinski definition) is 0. The number of piperidine rings is 1. The predicted octanol–water partition coefficient (Wildman–Crippen LogP) is 4.34. The van der Waals surface area contributed by atoms with E-state index in [1.54, 1.807) is 5.57 Å². The second-order valence-corrected chi connectivity index (χ2v) is 6.18. The maximum absolute atomic E-state index is 2.46. The summed E-state index contributed by atoms with van der Waals surface area (Å²) >= 11 is 0. The van der Waals surface area contributed by atoms with Crippen LogP contribution in [0.4, 0.5) is 0 Å². The predicted molar refractivity (Wildman–Crippen MR) is 84.8 cm³/mol. The van der Waals surface area contributed by atoms with Gasteiger partial charge in [-0.15, -0.1) is 0 Å². The molecule has 104 valence electrons. The first-order valence-corrected chi connectivity index (χ1v) is 7.36. The van der Waals surface area contributed by atoms with Gasteiger partial charge in [0.05, 0.1) is 0 Å². The molecule has 0 saturated carbocycles. The van der Waals surface area contributed by atoms with Crippen LogP contribution < -0.4 is 0 Å². The fourth-order valence-electron chi connectivity index (χ4n) is 3.15. The summed E-state index contributed by atoms with van der Waals surface area (Å²) in [5, 5.41) is 0. The zero-order valence-electron chi connectivity index (χ0n) is 13.4. The Morgan fingerprint density at radius 3 is 1.89 bits per heavy atom. The minimum atomic E-state index is 1.13. The molecule has 1 saturated heterocycles. The van der Waals surface area contributed by atoms with Crippen LogP contribution in [0.25, 0.3) is 6.08 Å². The molecule has 1 heterocycles. The van der Waals surface area contributed by atoms with Crippen molar-refractivity contribution in [2.75, 3.05) is 20.1 Å². The molecule has 1 fully saturated rings. The molecule has 2 rings (SSSR count). The molecule has 0 spiro atoms. The first-order valence-electron chi connectivity index (χ1n) is 7.36. The molecule has 0 bridgehead atoms. The third kappa shape index (κ3) is 2.76. The molecule has 1 nitrogen and oxygen atoms in total. The van der Waals surface area contributed by atoms with E-state index < -0.39 is 0 Å². The van der Waals surface area contributed by atoms with E-state index in [-0.39, 0.29) is 0 Å². The van der Waals surface area contributed by atoms with E-state index in [0.29, 0.717) is 0 Å². The summed E-state index contributed by atoms with van der Waals surface area (Å²) in [6.45, 7) is 13.7. The number of benzene rings is 1. The molecule has 1 heteroatoms. The monoisotopic (exact) mass is 257 g/mol. The van der Waals surface area contributed by atoms with Crippen LogP contribution >= 0.6 is 0 Å². The van der Waals surface area contributed by atoms with Crippen molar-refractivity contribution in [2.24, 2.45) is 0 Å². The lowest BCUT2D eigenvalue weighted by atomic mass is 9.88. The van der Waals surface area contributed by atoms with Crippen molar-refractivity contribution in [1.29, 1.82) is 0 Å². The highest BCUT2D eigenvalue weighted by atomic mass is 15.1. The normalized spacial score (nSPS) is 19.2. The molecule has 0 N–H and O–H groups in total. The van der Waals surface area contributed by atoms with E-state index in [9.17, 15) is 0 Å². The topological polar surface area (TPSA) is 3.24 Å². The highest BCUT2D eigenvalue weighted by Gasteiger charge is 2.14. The van der Waals surface area contributed by atoms with Crippen molar-refractivity contribution in [2.45, 2.75) is 47.5 Å². The van der Waals surface area contributed by atoms with E-state index in [1.807, 2.05) is 0 Å². The summed E-state index contributed by atoms with van der Waals surface area (Å²) < 4.78 is 0. The van der Waals surface area contributed by atoms with Crippen LogP contribution in [-0.4, -0.2) is 25.0 Å². The van der Waals surface area contributed by atoms with Gasteiger partial charge in [-0.05, 0) is 94.4 Å². The molecule has 19 heavy (non-hydrogen) atoms. The van der Waals surface area contributed by atoms with Gasteiger partial charge in [0.2, 0.25) is 0 Å². The Kier molecular flexibility index (Phi) is 4.15. The van der Waals surface area contributed by atoms with Gasteiger partial charge < -0.3 is 4.90 Å². The maximum Gasteiger partial charge on any atom is 0.0193 e. The minimum Gasteiger partial charge on any atom is -0.302 e. The molecule has 0 atom stereocenters. The largest absolute Gasteiger partial charge is 0.302 e. The number of hydrogen-bond acceptors (Lipinski definition) is 1. The Balaban J connectivity index is 2.48. The van der Waals surface area contributed by atoms with E-state index in [4.69, 9.17) is 0 Å². The standard InChI is InChI=1S/C18H27N/c1-12-13(2)15(4)18(16(5)14(12)3)10-17-8-7-9-19(6)11-17/h10H,7-9,11H2,1-6H3/b17-10+. The summed E-state index contributed by atoms with van der Waals surface area (Å²) in [4.78, 5) is 2.42. The summed E-state index contributed by atoms with van der Waals surface area (Å²) in [5.41, 5.74) is 10.3. The lowest BCUT2D eigenvalue weighted by molar-refractivity contribution is 0.324. The third-order valence-corrected chi connectivity index (χ3v) is 4.92.